The molecule has 1 aromatic heterocycles. The second kappa shape index (κ2) is 9.21. The van der Waals surface area contributed by atoms with Gasteiger partial charge in [-0.25, -0.2) is 4.98 Å². The fourth-order valence-electron chi connectivity index (χ4n) is 4.84. The second-order valence-electron chi connectivity index (χ2n) is 8.80. The van der Waals surface area contributed by atoms with E-state index in [1.165, 1.54) is 29.5 Å². The van der Waals surface area contributed by atoms with Crippen molar-refractivity contribution in [3.05, 3.63) is 47.2 Å². The maximum atomic E-state index is 12.1. The van der Waals surface area contributed by atoms with Crippen LogP contribution in [0.3, 0.4) is 0 Å². The molecule has 0 bridgehead atoms. The Kier molecular flexibility index (Phi) is 6.42. The molecular formula is C24H34N4O2. The molecule has 2 aliphatic rings. The number of hydrogen-bond donors (Lipinski definition) is 1. The zero-order valence-electron chi connectivity index (χ0n) is 18.5. The van der Waals surface area contributed by atoms with Crippen LogP contribution in [0.15, 0.2) is 28.9 Å². The monoisotopic (exact) mass is 410 g/mol. The Morgan fingerprint density at radius 3 is 2.63 bits per heavy atom. The topological polar surface area (TPSA) is 61.6 Å². The molecule has 0 spiro atoms. The van der Waals surface area contributed by atoms with Gasteiger partial charge in [0.05, 0.1) is 0 Å². The van der Waals surface area contributed by atoms with E-state index >= 15 is 0 Å². The molecule has 1 N–H and O–H groups in total. The van der Waals surface area contributed by atoms with Gasteiger partial charge in [-0.05, 0) is 62.3 Å². The average Bonchev–Trinajstić information content (AvgIpc) is 3.16. The number of piperazine rings is 1. The third kappa shape index (κ3) is 4.69. The van der Waals surface area contributed by atoms with Crippen molar-refractivity contribution in [1.82, 2.24) is 15.2 Å². The first-order valence-electron chi connectivity index (χ1n) is 11.3. The highest BCUT2D eigenvalue weighted by Crippen LogP contribution is 2.31. The lowest BCUT2D eigenvalue weighted by molar-refractivity contribution is 0.0872. The third-order valence-corrected chi connectivity index (χ3v) is 6.73. The van der Waals surface area contributed by atoms with Crippen molar-refractivity contribution in [1.29, 1.82) is 0 Å². The molecule has 1 saturated carbocycles. The quantitative estimate of drug-likeness (QED) is 0.756. The summed E-state index contributed by atoms with van der Waals surface area (Å²) in [6, 6.07) is 6.97. The summed E-state index contributed by atoms with van der Waals surface area (Å²) in [4.78, 5) is 21.4. The maximum Gasteiger partial charge on any atom is 0.273 e. The van der Waals surface area contributed by atoms with E-state index < -0.39 is 0 Å². The summed E-state index contributed by atoms with van der Waals surface area (Å²) < 4.78 is 5.12. The Hall–Kier alpha value is -2.34. The van der Waals surface area contributed by atoms with Crippen molar-refractivity contribution in [3.63, 3.8) is 0 Å². The average molecular weight is 411 g/mol. The van der Waals surface area contributed by atoms with Crippen LogP contribution in [-0.2, 0) is 6.42 Å². The number of anilines is 1. The third-order valence-electron chi connectivity index (χ3n) is 6.73. The van der Waals surface area contributed by atoms with Gasteiger partial charge in [0.15, 0.2) is 11.6 Å². The molecule has 2 fully saturated rings. The van der Waals surface area contributed by atoms with Gasteiger partial charge < -0.3 is 14.6 Å². The molecule has 1 aliphatic heterocycles. The molecule has 0 radical (unpaired) electrons. The lowest BCUT2D eigenvalue weighted by Gasteiger charge is -2.40. The van der Waals surface area contributed by atoms with Crippen LogP contribution in [0.5, 0.6) is 0 Å². The molecule has 1 aliphatic carbocycles. The van der Waals surface area contributed by atoms with Crippen LogP contribution >= 0.6 is 0 Å². The SMILES string of the molecule is CCc1c(C)cccc1N1CCN(CCC2CC(NC(=O)c3coc(C)n3)C2)CC1. The van der Waals surface area contributed by atoms with Gasteiger partial charge in [0.25, 0.3) is 5.91 Å². The lowest BCUT2D eigenvalue weighted by Crippen LogP contribution is -2.48. The smallest absolute Gasteiger partial charge is 0.273 e. The summed E-state index contributed by atoms with van der Waals surface area (Å²) in [5.74, 6) is 1.13. The predicted octanol–water partition coefficient (Wildman–Crippen LogP) is 3.57. The number of nitrogens with one attached hydrogen (secondary N) is 1. The number of nitrogens with zero attached hydrogens (tertiary/aromatic N) is 3. The molecule has 1 amide bonds. The molecule has 2 aromatic rings. The maximum absolute atomic E-state index is 12.1. The molecule has 1 aromatic carbocycles. The molecule has 1 saturated heterocycles. The number of aromatic nitrogens is 1. The Morgan fingerprint density at radius 1 is 1.20 bits per heavy atom. The van der Waals surface area contributed by atoms with Crippen LogP contribution in [0.2, 0.25) is 0 Å². The molecule has 30 heavy (non-hydrogen) atoms. The van der Waals surface area contributed by atoms with Gasteiger partial charge >= 0.3 is 0 Å². The Bertz CT molecular complexity index is 864. The predicted molar refractivity (Wildman–Crippen MR) is 119 cm³/mol. The fraction of sp³-hybridized carbons (Fsp3) is 0.583. The minimum atomic E-state index is -0.117. The van der Waals surface area contributed by atoms with Crippen molar-refractivity contribution >= 4 is 11.6 Å². The Morgan fingerprint density at radius 2 is 1.97 bits per heavy atom. The zero-order chi connectivity index (χ0) is 21.1. The molecular weight excluding hydrogens is 376 g/mol. The minimum Gasteiger partial charge on any atom is -0.448 e. The highest BCUT2D eigenvalue weighted by atomic mass is 16.3. The van der Waals surface area contributed by atoms with Crippen LogP contribution in [0.4, 0.5) is 5.69 Å². The number of rotatable bonds is 7. The summed E-state index contributed by atoms with van der Waals surface area (Å²) in [6.45, 7) is 11.9. The van der Waals surface area contributed by atoms with Crippen molar-refractivity contribution in [2.75, 3.05) is 37.6 Å². The Balaban J connectivity index is 1.16. The number of amides is 1. The van der Waals surface area contributed by atoms with Crippen LogP contribution in [0.25, 0.3) is 0 Å². The van der Waals surface area contributed by atoms with Crippen LogP contribution in [-0.4, -0.2) is 54.6 Å². The first-order chi connectivity index (χ1) is 14.5. The number of carbonyl (C=O) groups is 1. The van der Waals surface area contributed by atoms with E-state index in [-0.39, 0.29) is 11.9 Å². The first kappa shape index (κ1) is 20.9. The van der Waals surface area contributed by atoms with E-state index in [1.807, 2.05) is 0 Å². The van der Waals surface area contributed by atoms with Crippen molar-refractivity contribution < 1.29 is 9.21 Å². The molecule has 6 nitrogen and oxygen atoms in total. The van der Waals surface area contributed by atoms with Gasteiger partial charge in [-0.3, -0.25) is 9.69 Å². The van der Waals surface area contributed by atoms with Crippen LogP contribution in [0, 0.1) is 19.8 Å². The minimum absolute atomic E-state index is 0.117. The van der Waals surface area contributed by atoms with Gasteiger partial charge in [0.2, 0.25) is 0 Å². The van der Waals surface area contributed by atoms with Crippen LogP contribution in [0.1, 0.15) is 53.7 Å². The number of oxazole rings is 1. The van der Waals surface area contributed by atoms with E-state index in [0.29, 0.717) is 11.6 Å². The first-order valence-corrected chi connectivity index (χ1v) is 11.3. The number of carbonyl (C=O) groups excluding carboxylic acids is 1. The molecule has 4 rings (SSSR count). The summed E-state index contributed by atoms with van der Waals surface area (Å²) >= 11 is 0. The molecule has 162 valence electrons. The van der Waals surface area contributed by atoms with E-state index in [2.05, 4.69) is 52.1 Å². The molecule has 2 heterocycles. The van der Waals surface area contributed by atoms with E-state index in [0.717, 1.165) is 57.9 Å². The molecule has 6 heteroatoms. The molecule has 0 atom stereocenters. The number of hydrogen-bond acceptors (Lipinski definition) is 5. The normalized spacial score (nSPS) is 22.0. The standard InChI is InChI=1S/C24H34N4O2/c1-4-21-17(2)6-5-7-23(21)28-12-10-27(11-13-28)9-8-19-14-20(15-19)26-24(29)22-16-30-18(3)25-22/h5-7,16,19-20H,4,8-15H2,1-3H3,(H,26,29). The highest BCUT2D eigenvalue weighted by Gasteiger charge is 2.31. The summed E-state index contributed by atoms with van der Waals surface area (Å²) in [5, 5.41) is 3.07. The summed E-state index contributed by atoms with van der Waals surface area (Å²) in [5.41, 5.74) is 4.71. The lowest BCUT2D eigenvalue weighted by atomic mass is 9.78. The van der Waals surface area contributed by atoms with Crippen molar-refractivity contribution in [2.45, 2.75) is 52.5 Å². The zero-order valence-corrected chi connectivity index (χ0v) is 18.5. The van der Waals surface area contributed by atoms with Gasteiger partial charge in [0, 0.05) is 44.8 Å². The van der Waals surface area contributed by atoms with Crippen molar-refractivity contribution in [2.24, 2.45) is 5.92 Å². The van der Waals surface area contributed by atoms with Gasteiger partial charge in [0.1, 0.15) is 6.26 Å². The van der Waals surface area contributed by atoms with Crippen LogP contribution < -0.4 is 10.2 Å². The van der Waals surface area contributed by atoms with E-state index in [9.17, 15) is 4.79 Å². The fourth-order valence-corrected chi connectivity index (χ4v) is 4.84. The van der Waals surface area contributed by atoms with Crippen molar-refractivity contribution in [3.8, 4) is 0 Å². The van der Waals surface area contributed by atoms with E-state index in [4.69, 9.17) is 4.42 Å². The second-order valence-corrected chi connectivity index (χ2v) is 8.80. The van der Waals surface area contributed by atoms with Gasteiger partial charge in [-0.2, -0.15) is 0 Å². The highest BCUT2D eigenvalue weighted by molar-refractivity contribution is 5.92. The number of benzene rings is 1. The largest absolute Gasteiger partial charge is 0.448 e. The number of aryl methyl sites for hydroxylation is 2. The Labute approximate surface area is 179 Å². The summed E-state index contributed by atoms with van der Waals surface area (Å²) in [7, 11) is 0. The molecule has 0 unspecified atom stereocenters. The summed E-state index contributed by atoms with van der Waals surface area (Å²) in [6.07, 6.45) is 5.90. The van der Waals surface area contributed by atoms with E-state index in [1.54, 1.807) is 6.92 Å². The van der Waals surface area contributed by atoms with Gasteiger partial charge in [-0.1, -0.05) is 19.1 Å². The van der Waals surface area contributed by atoms with Gasteiger partial charge in [-0.15, -0.1) is 0 Å².